The molecule has 10 heteroatoms. The van der Waals surface area contributed by atoms with E-state index in [1.165, 1.54) is 19.9 Å². The number of nitrogens with one attached hydrogen (secondary N) is 1. The van der Waals surface area contributed by atoms with Crippen LogP contribution in [-0.4, -0.2) is 25.2 Å². The van der Waals surface area contributed by atoms with Crippen molar-refractivity contribution in [3.8, 4) is 22.3 Å². The summed E-state index contributed by atoms with van der Waals surface area (Å²) in [6, 6.07) is 22.5. The van der Waals surface area contributed by atoms with Crippen molar-refractivity contribution in [3.05, 3.63) is 96.2 Å². The molecule has 1 aliphatic rings. The van der Waals surface area contributed by atoms with Crippen LogP contribution >= 0.6 is 0 Å². The van der Waals surface area contributed by atoms with Crippen molar-refractivity contribution in [2.24, 2.45) is 5.41 Å². The number of anilines is 2. The Morgan fingerprint density at radius 1 is 0.800 bits per heavy atom. The molecular weight excluding hydrogens is 527 g/mol. The van der Waals surface area contributed by atoms with E-state index in [0.717, 1.165) is 28.7 Å². The zero-order chi connectivity index (χ0) is 28.9. The number of fused-ring (bicyclic) bond motifs is 1. The number of nitrogens with zero attached hydrogens (tertiary/aromatic N) is 2. The quantitative estimate of drug-likeness (QED) is 0.202. The minimum Gasteiger partial charge on any atom is -0.403 e. The topological polar surface area (TPSA) is 28.2 Å². The number of aromatic nitrogens is 1. The molecule has 0 atom stereocenters. The van der Waals surface area contributed by atoms with Crippen LogP contribution in [-0.2, 0) is 12.6 Å². The van der Waals surface area contributed by atoms with E-state index in [0.29, 0.717) is 16.7 Å². The van der Waals surface area contributed by atoms with Crippen LogP contribution in [0.2, 0.25) is 0 Å². The molecule has 3 aromatic carbocycles. The van der Waals surface area contributed by atoms with E-state index in [2.05, 4.69) is 10.2 Å². The van der Waals surface area contributed by atoms with Gasteiger partial charge in [-0.1, -0.05) is 74.5 Å². The Kier molecular flexibility index (Phi) is 6.84. The molecule has 0 bridgehead atoms. The number of benzene rings is 3. The van der Waals surface area contributed by atoms with E-state index in [4.69, 9.17) is 0 Å². The zero-order valence-corrected chi connectivity index (χ0v) is 22.0. The van der Waals surface area contributed by atoms with Crippen LogP contribution < -0.4 is 15.6 Å². The van der Waals surface area contributed by atoms with Crippen LogP contribution in [0.3, 0.4) is 0 Å². The van der Waals surface area contributed by atoms with Gasteiger partial charge in [0.05, 0.1) is 16.6 Å². The SMILES string of the molecule is CN1B(c2cc(-c3ccc(-c4ccc(CC(C)(C)C(F)(F)F)cc4)cc3)c(C(F)(F)F)cn2)Nc2ccccc21. The molecule has 2 heterocycles. The number of pyridine rings is 1. The lowest BCUT2D eigenvalue weighted by Crippen LogP contribution is -2.50. The second-order valence-corrected chi connectivity index (χ2v) is 10.7. The summed E-state index contributed by atoms with van der Waals surface area (Å²) in [5, 5.41) is 3.31. The fourth-order valence-electron chi connectivity index (χ4n) is 4.91. The predicted octanol–water partition coefficient (Wildman–Crippen LogP) is 7.82. The monoisotopic (exact) mass is 553 g/mol. The van der Waals surface area contributed by atoms with Gasteiger partial charge in [0.25, 0.3) is 0 Å². The molecule has 0 saturated heterocycles. The number of hydrogen-bond donors (Lipinski definition) is 1. The van der Waals surface area contributed by atoms with Crippen molar-refractivity contribution in [2.45, 2.75) is 32.6 Å². The van der Waals surface area contributed by atoms with Gasteiger partial charge in [-0.2, -0.15) is 26.3 Å². The van der Waals surface area contributed by atoms with Gasteiger partial charge in [0, 0.05) is 17.6 Å². The molecule has 0 saturated carbocycles. The molecule has 3 nitrogen and oxygen atoms in total. The summed E-state index contributed by atoms with van der Waals surface area (Å²) in [7, 11) is 1.85. The van der Waals surface area contributed by atoms with E-state index in [9.17, 15) is 26.3 Å². The summed E-state index contributed by atoms with van der Waals surface area (Å²) < 4.78 is 81.7. The zero-order valence-electron chi connectivity index (χ0n) is 22.0. The van der Waals surface area contributed by atoms with Crippen LogP contribution in [0.4, 0.5) is 37.7 Å². The summed E-state index contributed by atoms with van der Waals surface area (Å²) in [5.74, 6) is 0. The van der Waals surface area contributed by atoms with E-state index >= 15 is 0 Å². The highest BCUT2D eigenvalue weighted by Crippen LogP contribution is 2.41. The summed E-state index contributed by atoms with van der Waals surface area (Å²) >= 11 is 0. The lowest BCUT2D eigenvalue weighted by atomic mass is 9.70. The molecule has 0 unspecified atom stereocenters. The largest absolute Gasteiger partial charge is 0.428 e. The number of halogens is 6. The molecule has 1 N–H and O–H groups in total. The Labute approximate surface area is 229 Å². The minimum absolute atomic E-state index is 0.0138. The van der Waals surface area contributed by atoms with Gasteiger partial charge in [-0.25, -0.2) is 0 Å². The molecule has 5 rings (SSSR count). The normalized spacial score (nSPS) is 13.8. The van der Waals surface area contributed by atoms with Gasteiger partial charge >= 0.3 is 19.3 Å². The van der Waals surface area contributed by atoms with Gasteiger partial charge in [0.1, 0.15) is 0 Å². The Bertz CT molecular complexity index is 1510. The molecule has 1 aromatic heterocycles. The Hall–Kier alpha value is -3.95. The predicted molar refractivity (Wildman–Crippen MR) is 148 cm³/mol. The summed E-state index contributed by atoms with van der Waals surface area (Å²) in [6.07, 6.45) is -8.21. The average Bonchev–Trinajstić information content (AvgIpc) is 3.24. The minimum atomic E-state index is -4.60. The number of hydrogen-bond acceptors (Lipinski definition) is 3. The fourth-order valence-corrected chi connectivity index (χ4v) is 4.91. The van der Waals surface area contributed by atoms with Crippen molar-refractivity contribution >= 4 is 24.0 Å². The highest BCUT2D eigenvalue weighted by Gasteiger charge is 2.47. The van der Waals surface area contributed by atoms with Crippen LogP contribution in [0.15, 0.2) is 85.1 Å². The van der Waals surface area contributed by atoms with E-state index in [-0.39, 0.29) is 12.0 Å². The maximum atomic E-state index is 14.0. The molecule has 0 fully saturated rings. The molecule has 0 amide bonds. The van der Waals surface area contributed by atoms with Crippen LogP contribution in [0.5, 0.6) is 0 Å². The van der Waals surface area contributed by atoms with Gasteiger partial charge < -0.3 is 10.0 Å². The first-order chi connectivity index (χ1) is 18.7. The Morgan fingerprint density at radius 2 is 1.38 bits per heavy atom. The third-order valence-electron chi connectivity index (χ3n) is 7.37. The van der Waals surface area contributed by atoms with Gasteiger partial charge in [0.15, 0.2) is 0 Å². The highest BCUT2D eigenvalue weighted by atomic mass is 19.4. The first-order valence-corrected chi connectivity index (χ1v) is 12.7. The molecule has 0 radical (unpaired) electrons. The maximum Gasteiger partial charge on any atom is 0.428 e. The summed E-state index contributed by atoms with van der Waals surface area (Å²) in [4.78, 5) is 6.09. The molecule has 1 aliphatic heterocycles. The van der Waals surface area contributed by atoms with Crippen molar-refractivity contribution in [1.29, 1.82) is 0 Å². The number of rotatable bonds is 5. The second-order valence-electron chi connectivity index (χ2n) is 10.7. The number of alkyl halides is 6. The van der Waals surface area contributed by atoms with Crippen molar-refractivity contribution in [1.82, 2.24) is 4.98 Å². The number of para-hydroxylation sites is 2. The maximum absolute atomic E-state index is 14.0. The van der Waals surface area contributed by atoms with Crippen molar-refractivity contribution in [3.63, 3.8) is 0 Å². The molecule has 206 valence electrons. The van der Waals surface area contributed by atoms with Gasteiger partial charge in [-0.05, 0) is 59.5 Å². The summed E-state index contributed by atoms with van der Waals surface area (Å²) in [6.45, 7) is 1.90. The fraction of sp³-hybridized carbons (Fsp3) is 0.233. The summed E-state index contributed by atoms with van der Waals surface area (Å²) in [5.41, 5.74) is 1.98. The van der Waals surface area contributed by atoms with E-state index in [1.54, 1.807) is 48.5 Å². The van der Waals surface area contributed by atoms with E-state index < -0.39 is 30.3 Å². The lowest BCUT2D eigenvalue weighted by Gasteiger charge is -2.27. The van der Waals surface area contributed by atoms with Crippen molar-refractivity contribution in [2.75, 3.05) is 17.1 Å². The standard InChI is InChI=1S/C30H26BF6N3/c1-28(2,30(35,36)37)17-19-8-10-20(11-9-19)21-12-14-22(15-13-21)23-16-27(38-18-24(23)29(32,33)34)31-39-25-6-4-5-7-26(25)40(31)3/h4-16,18,39H,17H2,1-3H3. The molecule has 4 aromatic rings. The molecular formula is C30H26BF6N3. The first-order valence-electron chi connectivity index (χ1n) is 12.7. The van der Waals surface area contributed by atoms with Crippen LogP contribution in [0, 0.1) is 5.41 Å². The van der Waals surface area contributed by atoms with Gasteiger partial charge in [0.2, 0.25) is 0 Å². The van der Waals surface area contributed by atoms with E-state index in [1.807, 2.05) is 36.1 Å². The third-order valence-corrected chi connectivity index (χ3v) is 7.37. The van der Waals surface area contributed by atoms with Crippen LogP contribution in [0.25, 0.3) is 22.3 Å². The Morgan fingerprint density at radius 3 is 1.95 bits per heavy atom. The highest BCUT2D eigenvalue weighted by molar-refractivity contribution is 6.80. The second kappa shape index (κ2) is 9.91. The molecule has 0 aliphatic carbocycles. The third kappa shape index (κ3) is 5.27. The van der Waals surface area contributed by atoms with Gasteiger partial charge in [-0.3, -0.25) is 4.98 Å². The lowest BCUT2D eigenvalue weighted by molar-refractivity contribution is -0.211. The smallest absolute Gasteiger partial charge is 0.403 e. The molecule has 0 spiro atoms. The van der Waals surface area contributed by atoms with Crippen LogP contribution in [0.1, 0.15) is 25.0 Å². The van der Waals surface area contributed by atoms with Gasteiger partial charge in [-0.15, -0.1) is 0 Å². The Balaban J connectivity index is 1.43. The van der Waals surface area contributed by atoms with Crippen molar-refractivity contribution < 1.29 is 26.3 Å². The first kappa shape index (κ1) is 27.6. The molecule has 40 heavy (non-hydrogen) atoms. The average molecular weight is 553 g/mol.